The van der Waals surface area contributed by atoms with Gasteiger partial charge < -0.3 is 5.11 Å². The smallest absolute Gasteiger partial charge is 0.268 e. The van der Waals surface area contributed by atoms with E-state index < -0.39 is 30.0 Å². The summed E-state index contributed by atoms with van der Waals surface area (Å²) in [6.45, 7) is -0.663. The molecule has 1 rings (SSSR count). The number of nitriles is 1. The topological polar surface area (TPSA) is 56.9 Å². The summed E-state index contributed by atoms with van der Waals surface area (Å²) in [5.74, 6) is -1.32. The first kappa shape index (κ1) is 10.5. The van der Waals surface area contributed by atoms with E-state index in [1.54, 1.807) is 0 Å². The van der Waals surface area contributed by atoms with E-state index in [0.29, 0.717) is 6.20 Å². The highest BCUT2D eigenvalue weighted by Gasteiger charge is 2.19. The Morgan fingerprint density at radius 1 is 1.57 bits per heavy atom. The average Bonchev–Trinajstić information content (AvgIpc) is 2.16. The molecule has 0 spiro atoms. The third-order valence-corrected chi connectivity index (χ3v) is 1.62. The minimum Gasteiger partial charge on any atom is -0.390 e. The zero-order valence-electron chi connectivity index (χ0n) is 6.84. The first-order chi connectivity index (χ1) is 6.61. The Morgan fingerprint density at radius 3 is 2.64 bits per heavy atom. The van der Waals surface area contributed by atoms with Crippen molar-refractivity contribution in [2.24, 2.45) is 0 Å². The zero-order chi connectivity index (χ0) is 10.7. The zero-order valence-corrected chi connectivity index (χ0v) is 6.84. The van der Waals surface area contributed by atoms with Gasteiger partial charge in [0.25, 0.3) is 6.43 Å². The summed E-state index contributed by atoms with van der Waals surface area (Å²) in [5.41, 5.74) is -1.81. The number of aromatic nitrogens is 1. The molecule has 0 aliphatic rings. The molecule has 1 aromatic rings. The van der Waals surface area contributed by atoms with Crippen LogP contribution in [-0.2, 0) is 6.61 Å². The van der Waals surface area contributed by atoms with Gasteiger partial charge in [0.05, 0.1) is 17.9 Å². The van der Waals surface area contributed by atoms with Gasteiger partial charge in [0.15, 0.2) is 5.82 Å². The summed E-state index contributed by atoms with van der Waals surface area (Å²) in [7, 11) is 0. The van der Waals surface area contributed by atoms with Gasteiger partial charge in [-0.3, -0.25) is 4.98 Å². The van der Waals surface area contributed by atoms with Crippen LogP contribution in [0.25, 0.3) is 0 Å². The first-order valence-electron chi connectivity index (χ1n) is 3.58. The Balaban J connectivity index is 3.37. The molecule has 0 amide bonds. The van der Waals surface area contributed by atoms with Crippen molar-refractivity contribution in [1.82, 2.24) is 4.98 Å². The molecule has 14 heavy (non-hydrogen) atoms. The van der Waals surface area contributed by atoms with Gasteiger partial charge in [-0.2, -0.15) is 5.26 Å². The van der Waals surface area contributed by atoms with Gasteiger partial charge >= 0.3 is 0 Å². The van der Waals surface area contributed by atoms with Crippen LogP contribution in [-0.4, -0.2) is 10.1 Å². The van der Waals surface area contributed by atoms with Crippen molar-refractivity contribution in [3.8, 4) is 6.07 Å². The van der Waals surface area contributed by atoms with Gasteiger partial charge in [-0.1, -0.05) is 0 Å². The fraction of sp³-hybridized carbons (Fsp3) is 0.250. The fourth-order valence-corrected chi connectivity index (χ4v) is 0.925. The third kappa shape index (κ3) is 1.67. The van der Waals surface area contributed by atoms with Crippen molar-refractivity contribution >= 4 is 0 Å². The molecular weight excluding hydrogens is 197 g/mol. The van der Waals surface area contributed by atoms with Gasteiger partial charge in [0, 0.05) is 6.20 Å². The third-order valence-electron chi connectivity index (χ3n) is 1.62. The molecule has 0 atom stereocenters. The summed E-state index contributed by atoms with van der Waals surface area (Å²) >= 11 is 0. The van der Waals surface area contributed by atoms with Crippen LogP contribution in [0.1, 0.15) is 23.2 Å². The molecule has 0 saturated heterocycles. The van der Waals surface area contributed by atoms with Gasteiger partial charge in [0.2, 0.25) is 0 Å². The second-order valence-electron chi connectivity index (χ2n) is 2.42. The van der Waals surface area contributed by atoms with Crippen LogP contribution in [0, 0.1) is 17.1 Å². The number of halogens is 3. The Morgan fingerprint density at radius 2 is 2.21 bits per heavy atom. The minimum absolute atomic E-state index is 0.241. The normalized spacial score (nSPS) is 10.3. The summed E-state index contributed by atoms with van der Waals surface area (Å²) in [6, 6.07) is 1.38. The number of rotatable bonds is 2. The maximum atomic E-state index is 13.1. The molecular formula is C8H5F3N2O. The molecule has 0 fully saturated rings. The molecule has 0 aliphatic carbocycles. The van der Waals surface area contributed by atoms with Crippen LogP contribution in [0.4, 0.5) is 13.2 Å². The van der Waals surface area contributed by atoms with Gasteiger partial charge in [-0.25, -0.2) is 13.2 Å². The Hall–Kier alpha value is -1.61. The summed E-state index contributed by atoms with van der Waals surface area (Å²) < 4.78 is 37.4. The quantitative estimate of drug-likeness (QED) is 0.790. The monoisotopic (exact) mass is 202 g/mol. The van der Waals surface area contributed by atoms with E-state index >= 15 is 0 Å². The van der Waals surface area contributed by atoms with E-state index in [-0.39, 0.29) is 5.69 Å². The lowest BCUT2D eigenvalue weighted by Crippen LogP contribution is -2.03. The minimum atomic E-state index is -3.03. The second-order valence-corrected chi connectivity index (χ2v) is 2.42. The molecule has 0 bridgehead atoms. The number of aliphatic hydroxyl groups is 1. The highest BCUT2D eigenvalue weighted by atomic mass is 19.3. The molecule has 1 heterocycles. The second kappa shape index (κ2) is 4.07. The molecule has 0 radical (unpaired) electrons. The van der Waals surface area contributed by atoms with E-state index in [4.69, 9.17) is 10.4 Å². The number of hydrogen-bond acceptors (Lipinski definition) is 3. The number of hydrogen-bond donors (Lipinski definition) is 1. The number of alkyl halides is 2. The summed E-state index contributed by atoms with van der Waals surface area (Å²) in [6.07, 6.45) is -2.41. The van der Waals surface area contributed by atoms with Gasteiger partial charge in [-0.05, 0) is 0 Å². The van der Waals surface area contributed by atoms with Crippen LogP contribution >= 0.6 is 0 Å². The standard InChI is InChI=1S/C8H5F3N2O/c9-7-4(1-12)6(3-14)13-2-5(7)8(10)11/h2,8,14H,3H2. The van der Waals surface area contributed by atoms with Crippen LogP contribution in [0.15, 0.2) is 6.20 Å². The molecule has 74 valence electrons. The highest BCUT2D eigenvalue weighted by Crippen LogP contribution is 2.24. The van der Waals surface area contributed by atoms with Gasteiger partial charge in [0.1, 0.15) is 11.6 Å². The van der Waals surface area contributed by atoms with Crippen molar-refractivity contribution in [3.05, 3.63) is 28.8 Å². The van der Waals surface area contributed by atoms with E-state index in [2.05, 4.69) is 4.98 Å². The van der Waals surface area contributed by atoms with Crippen molar-refractivity contribution in [3.63, 3.8) is 0 Å². The lowest BCUT2D eigenvalue weighted by Gasteiger charge is -2.05. The van der Waals surface area contributed by atoms with Crippen molar-refractivity contribution in [2.75, 3.05) is 0 Å². The predicted octanol–water partition coefficient (Wildman–Crippen LogP) is 1.52. The van der Waals surface area contributed by atoms with Crippen molar-refractivity contribution in [1.29, 1.82) is 5.26 Å². The maximum absolute atomic E-state index is 13.1. The molecule has 0 aromatic carbocycles. The van der Waals surface area contributed by atoms with E-state index in [1.807, 2.05) is 0 Å². The predicted molar refractivity (Wildman–Crippen MR) is 39.8 cm³/mol. The summed E-state index contributed by atoms with van der Waals surface area (Å²) in [5, 5.41) is 17.1. The van der Waals surface area contributed by atoms with E-state index in [0.717, 1.165) is 0 Å². The first-order valence-corrected chi connectivity index (χ1v) is 3.58. The summed E-state index contributed by atoms with van der Waals surface area (Å²) in [4.78, 5) is 3.36. The molecule has 0 aliphatic heterocycles. The average molecular weight is 202 g/mol. The number of aliphatic hydroxyl groups excluding tert-OH is 1. The van der Waals surface area contributed by atoms with Crippen LogP contribution in [0.5, 0.6) is 0 Å². The molecule has 1 N–H and O–H groups in total. The van der Waals surface area contributed by atoms with Gasteiger partial charge in [-0.15, -0.1) is 0 Å². The molecule has 3 nitrogen and oxygen atoms in total. The van der Waals surface area contributed by atoms with E-state index in [9.17, 15) is 13.2 Å². The van der Waals surface area contributed by atoms with Crippen LogP contribution in [0.2, 0.25) is 0 Å². The fourth-order valence-electron chi connectivity index (χ4n) is 0.925. The lowest BCUT2D eigenvalue weighted by molar-refractivity contribution is 0.145. The highest BCUT2D eigenvalue weighted by molar-refractivity contribution is 5.37. The van der Waals surface area contributed by atoms with Crippen LogP contribution < -0.4 is 0 Å². The molecule has 0 unspecified atom stereocenters. The molecule has 1 aromatic heterocycles. The van der Waals surface area contributed by atoms with Crippen molar-refractivity contribution in [2.45, 2.75) is 13.0 Å². The molecule has 0 saturated carbocycles. The Bertz CT molecular complexity index is 387. The van der Waals surface area contributed by atoms with E-state index in [1.165, 1.54) is 6.07 Å². The Kier molecular flexibility index (Phi) is 3.04. The number of pyridine rings is 1. The largest absolute Gasteiger partial charge is 0.390 e. The molecule has 6 heteroatoms. The number of nitrogens with zero attached hydrogens (tertiary/aromatic N) is 2. The lowest BCUT2D eigenvalue weighted by atomic mass is 10.1. The van der Waals surface area contributed by atoms with Crippen LogP contribution in [0.3, 0.4) is 0 Å². The SMILES string of the molecule is N#Cc1c(CO)ncc(C(F)F)c1F. The Labute approximate surface area is 77.4 Å². The van der Waals surface area contributed by atoms with Crippen molar-refractivity contribution < 1.29 is 18.3 Å². The maximum Gasteiger partial charge on any atom is 0.268 e.